The van der Waals surface area contributed by atoms with Crippen LogP contribution in [0.25, 0.3) is 0 Å². The standard InChI is InChI=1S/C10H13N3O2S/c1-7-2-3-8(9(6-7)13(14)15)12-4-5-16-10(12)11/h2-3,6,10H,4-5,11H2,1H3. The van der Waals surface area contributed by atoms with Gasteiger partial charge in [-0.25, -0.2) is 0 Å². The third-order valence-electron chi connectivity index (χ3n) is 2.57. The summed E-state index contributed by atoms with van der Waals surface area (Å²) in [7, 11) is 0. The Hall–Kier alpha value is -1.27. The second kappa shape index (κ2) is 4.31. The highest BCUT2D eigenvalue weighted by Gasteiger charge is 2.27. The Morgan fingerprint density at radius 3 is 2.94 bits per heavy atom. The van der Waals surface area contributed by atoms with Crippen molar-refractivity contribution >= 4 is 23.1 Å². The highest BCUT2D eigenvalue weighted by atomic mass is 32.2. The van der Waals surface area contributed by atoms with Crippen molar-refractivity contribution in [2.45, 2.75) is 12.4 Å². The summed E-state index contributed by atoms with van der Waals surface area (Å²) >= 11 is 1.61. The van der Waals surface area contributed by atoms with Crippen LogP contribution in [-0.2, 0) is 0 Å². The van der Waals surface area contributed by atoms with Crippen LogP contribution in [0.15, 0.2) is 18.2 Å². The van der Waals surface area contributed by atoms with Crippen molar-refractivity contribution in [3.05, 3.63) is 33.9 Å². The molecule has 6 heteroatoms. The number of nitrogens with zero attached hydrogens (tertiary/aromatic N) is 2. The van der Waals surface area contributed by atoms with Crippen LogP contribution in [0.3, 0.4) is 0 Å². The first-order chi connectivity index (χ1) is 7.59. The first-order valence-electron chi connectivity index (χ1n) is 4.98. The summed E-state index contributed by atoms with van der Waals surface area (Å²) in [4.78, 5) is 12.5. The molecule has 1 aliphatic heterocycles. The fourth-order valence-electron chi connectivity index (χ4n) is 1.77. The summed E-state index contributed by atoms with van der Waals surface area (Å²) in [5, 5.41) is 11.0. The van der Waals surface area contributed by atoms with Gasteiger partial charge in [0.1, 0.15) is 11.2 Å². The second-order valence-electron chi connectivity index (χ2n) is 3.70. The molecule has 1 heterocycles. The number of rotatable bonds is 2. The Kier molecular flexibility index (Phi) is 3.02. The lowest BCUT2D eigenvalue weighted by atomic mass is 10.2. The maximum Gasteiger partial charge on any atom is 0.292 e. The van der Waals surface area contributed by atoms with Gasteiger partial charge in [0, 0.05) is 18.4 Å². The lowest BCUT2D eigenvalue weighted by Gasteiger charge is -2.22. The Labute approximate surface area is 97.8 Å². The molecule has 0 aliphatic carbocycles. The fraction of sp³-hybridized carbons (Fsp3) is 0.400. The van der Waals surface area contributed by atoms with E-state index in [1.54, 1.807) is 23.9 Å². The van der Waals surface area contributed by atoms with Crippen LogP contribution in [0.4, 0.5) is 11.4 Å². The first kappa shape index (κ1) is 11.2. The Morgan fingerprint density at radius 2 is 2.38 bits per heavy atom. The van der Waals surface area contributed by atoms with E-state index < -0.39 is 0 Å². The molecule has 1 fully saturated rings. The van der Waals surface area contributed by atoms with E-state index in [0.29, 0.717) is 5.69 Å². The molecule has 0 amide bonds. The number of benzene rings is 1. The Balaban J connectivity index is 2.43. The minimum atomic E-state index is -0.349. The Bertz CT molecular complexity index is 425. The molecule has 0 aromatic heterocycles. The average molecular weight is 239 g/mol. The van der Waals surface area contributed by atoms with Gasteiger partial charge >= 0.3 is 0 Å². The van der Waals surface area contributed by atoms with Gasteiger partial charge in [-0.2, -0.15) is 0 Å². The Morgan fingerprint density at radius 1 is 1.62 bits per heavy atom. The summed E-state index contributed by atoms with van der Waals surface area (Å²) in [5.74, 6) is 0.909. The smallest absolute Gasteiger partial charge is 0.292 e. The van der Waals surface area contributed by atoms with Crippen molar-refractivity contribution in [3.63, 3.8) is 0 Å². The molecule has 1 saturated heterocycles. The molecule has 0 saturated carbocycles. The van der Waals surface area contributed by atoms with Crippen molar-refractivity contribution in [3.8, 4) is 0 Å². The SMILES string of the molecule is Cc1ccc(N2CCSC2N)c([N+](=O)[O-])c1. The zero-order valence-electron chi connectivity index (χ0n) is 8.92. The molecule has 0 bridgehead atoms. The maximum absolute atomic E-state index is 11.0. The van der Waals surface area contributed by atoms with Gasteiger partial charge in [0.2, 0.25) is 0 Å². The fourth-order valence-corrected chi connectivity index (χ4v) is 2.71. The molecule has 1 unspecified atom stereocenters. The van der Waals surface area contributed by atoms with Gasteiger partial charge in [-0.3, -0.25) is 10.1 Å². The molecule has 2 N–H and O–H groups in total. The average Bonchev–Trinajstić information content (AvgIpc) is 2.64. The third kappa shape index (κ3) is 1.98. The number of nitro groups is 1. The second-order valence-corrected chi connectivity index (χ2v) is 4.93. The predicted molar refractivity (Wildman–Crippen MR) is 65.6 cm³/mol. The topological polar surface area (TPSA) is 72.4 Å². The van der Waals surface area contributed by atoms with E-state index in [1.807, 2.05) is 17.9 Å². The van der Waals surface area contributed by atoms with Crippen molar-refractivity contribution in [2.75, 3.05) is 17.2 Å². The number of nitro benzene ring substituents is 1. The third-order valence-corrected chi connectivity index (χ3v) is 3.58. The van der Waals surface area contributed by atoms with Crippen LogP contribution >= 0.6 is 11.8 Å². The number of aryl methyl sites for hydroxylation is 1. The van der Waals surface area contributed by atoms with E-state index in [1.165, 1.54) is 0 Å². The van der Waals surface area contributed by atoms with Crippen LogP contribution < -0.4 is 10.6 Å². The van der Waals surface area contributed by atoms with Gasteiger partial charge in [-0.1, -0.05) is 6.07 Å². The van der Waals surface area contributed by atoms with Gasteiger partial charge in [0.25, 0.3) is 5.69 Å². The molecule has 1 aromatic carbocycles. The van der Waals surface area contributed by atoms with Gasteiger partial charge in [-0.05, 0) is 18.6 Å². The van der Waals surface area contributed by atoms with E-state index in [0.717, 1.165) is 17.9 Å². The number of hydrogen-bond donors (Lipinski definition) is 1. The van der Waals surface area contributed by atoms with Gasteiger partial charge in [0.15, 0.2) is 0 Å². The normalized spacial score (nSPS) is 20.1. The van der Waals surface area contributed by atoms with Gasteiger partial charge in [-0.15, -0.1) is 11.8 Å². The van der Waals surface area contributed by atoms with Crippen LogP contribution in [0.1, 0.15) is 5.56 Å². The van der Waals surface area contributed by atoms with Crippen LogP contribution in [-0.4, -0.2) is 22.7 Å². The molecule has 0 spiro atoms. The summed E-state index contributed by atoms with van der Waals surface area (Å²) in [5.41, 5.74) is 7.35. The van der Waals surface area contributed by atoms with E-state index in [9.17, 15) is 10.1 Å². The van der Waals surface area contributed by atoms with Crippen LogP contribution in [0, 0.1) is 17.0 Å². The molecule has 0 radical (unpaired) electrons. The minimum Gasteiger partial charge on any atom is -0.341 e. The number of nitrogens with two attached hydrogens (primary N) is 1. The number of thioether (sulfide) groups is 1. The molecule has 5 nitrogen and oxygen atoms in total. The lowest BCUT2D eigenvalue weighted by molar-refractivity contribution is -0.384. The molecule has 86 valence electrons. The minimum absolute atomic E-state index is 0.137. The molecule has 1 atom stereocenters. The molecule has 1 aliphatic rings. The van der Waals surface area contributed by atoms with Gasteiger partial charge < -0.3 is 10.6 Å². The van der Waals surface area contributed by atoms with Gasteiger partial charge in [0.05, 0.1) is 4.92 Å². The van der Waals surface area contributed by atoms with Crippen LogP contribution in [0.5, 0.6) is 0 Å². The molecular weight excluding hydrogens is 226 g/mol. The summed E-state index contributed by atoms with van der Waals surface area (Å²) < 4.78 is 0. The number of hydrogen-bond acceptors (Lipinski definition) is 5. The van der Waals surface area contributed by atoms with E-state index in [4.69, 9.17) is 5.73 Å². The van der Waals surface area contributed by atoms with E-state index >= 15 is 0 Å². The molecule has 16 heavy (non-hydrogen) atoms. The van der Waals surface area contributed by atoms with Crippen molar-refractivity contribution in [1.29, 1.82) is 0 Å². The quantitative estimate of drug-likeness (QED) is 0.628. The van der Waals surface area contributed by atoms with Crippen molar-refractivity contribution < 1.29 is 4.92 Å². The van der Waals surface area contributed by atoms with E-state index in [-0.39, 0.29) is 16.1 Å². The monoisotopic (exact) mass is 239 g/mol. The number of anilines is 1. The van der Waals surface area contributed by atoms with E-state index in [2.05, 4.69) is 0 Å². The predicted octanol–water partition coefficient (Wildman–Crippen LogP) is 1.70. The summed E-state index contributed by atoms with van der Waals surface area (Å²) in [6, 6.07) is 5.24. The zero-order valence-corrected chi connectivity index (χ0v) is 9.74. The highest BCUT2D eigenvalue weighted by Crippen LogP contribution is 2.34. The summed E-state index contributed by atoms with van der Waals surface area (Å²) in [6.45, 7) is 2.60. The maximum atomic E-state index is 11.0. The zero-order chi connectivity index (χ0) is 11.7. The molecule has 2 rings (SSSR count). The molecule has 1 aromatic rings. The summed E-state index contributed by atoms with van der Waals surface area (Å²) in [6.07, 6.45) is 0. The molecular formula is C10H13N3O2S. The van der Waals surface area contributed by atoms with Crippen molar-refractivity contribution in [2.24, 2.45) is 5.73 Å². The highest BCUT2D eigenvalue weighted by molar-refractivity contribution is 8.00. The lowest BCUT2D eigenvalue weighted by Crippen LogP contribution is -2.35. The van der Waals surface area contributed by atoms with Crippen molar-refractivity contribution in [1.82, 2.24) is 0 Å². The largest absolute Gasteiger partial charge is 0.341 e. The first-order valence-corrected chi connectivity index (χ1v) is 6.03. The van der Waals surface area contributed by atoms with Crippen LogP contribution in [0.2, 0.25) is 0 Å².